The van der Waals surface area contributed by atoms with Crippen LogP contribution >= 0.6 is 11.3 Å². The number of hydrogen-bond donors (Lipinski definition) is 1. The van der Waals surface area contributed by atoms with Gasteiger partial charge in [-0.3, -0.25) is 9.88 Å². The molecule has 0 aliphatic carbocycles. The summed E-state index contributed by atoms with van der Waals surface area (Å²) in [6.07, 6.45) is 8.35. The number of aromatic nitrogens is 2. The molecule has 1 aliphatic rings. The third-order valence-electron chi connectivity index (χ3n) is 6.76. The Morgan fingerprint density at radius 2 is 2.09 bits per heavy atom. The Kier molecular flexibility index (Phi) is 7.01. The average molecular weight is 492 g/mol. The third-order valence-corrected chi connectivity index (χ3v) is 7.49. The van der Waals surface area contributed by atoms with Gasteiger partial charge in [-0.25, -0.2) is 4.79 Å². The second kappa shape index (κ2) is 10.5. The molecule has 4 aromatic rings. The lowest BCUT2D eigenvalue weighted by atomic mass is 9.89. The number of aromatic carboxylic acids is 1. The van der Waals surface area contributed by atoms with Crippen molar-refractivity contribution in [2.75, 3.05) is 33.4 Å². The van der Waals surface area contributed by atoms with Crippen LogP contribution < -0.4 is 9.47 Å². The van der Waals surface area contributed by atoms with Gasteiger partial charge in [-0.05, 0) is 78.0 Å². The van der Waals surface area contributed by atoms with Crippen LogP contribution in [-0.2, 0) is 6.54 Å². The number of carboxylic acid groups (broad SMARTS) is 1. The normalized spacial score (nSPS) is 14.9. The number of carbonyl (C=O) groups is 1. The Morgan fingerprint density at radius 3 is 2.83 bits per heavy atom. The number of piperidine rings is 1. The van der Waals surface area contributed by atoms with Gasteiger partial charge in [0.25, 0.3) is 0 Å². The fraction of sp³-hybridized carbons (Fsp3) is 0.333. The van der Waals surface area contributed by atoms with E-state index in [9.17, 15) is 9.90 Å². The number of ether oxygens (including phenoxy) is 2. The number of hydrogen-bond acceptors (Lipinski definition) is 6. The number of benzene rings is 1. The highest BCUT2D eigenvalue weighted by Gasteiger charge is 2.24. The topological polar surface area (TPSA) is 76.8 Å². The Labute approximate surface area is 208 Å². The molecule has 0 atom stereocenters. The van der Waals surface area contributed by atoms with Crippen LogP contribution in [0.15, 0.2) is 59.7 Å². The van der Waals surface area contributed by atoms with Crippen LogP contribution in [0.4, 0.5) is 0 Å². The predicted molar refractivity (Wildman–Crippen MR) is 137 cm³/mol. The van der Waals surface area contributed by atoms with E-state index < -0.39 is 5.97 Å². The monoisotopic (exact) mass is 491 g/mol. The van der Waals surface area contributed by atoms with E-state index in [0.717, 1.165) is 39.0 Å². The molecule has 1 N–H and O–H groups in total. The second-order valence-electron chi connectivity index (χ2n) is 8.87. The molecule has 0 radical (unpaired) electrons. The van der Waals surface area contributed by atoms with Gasteiger partial charge in [-0.1, -0.05) is 0 Å². The molecular weight excluding hydrogens is 462 g/mol. The average Bonchev–Trinajstić information content (AvgIpc) is 3.53. The van der Waals surface area contributed by atoms with E-state index in [0.29, 0.717) is 24.0 Å². The number of methoxy groups -OCH3 is 1. The SMILES string of the molecule is COc1ccc(C(=O)O)c(OCCN2CCC(c3cn(Cc4ccsc4)c4cnccc34)CC2)c1. The van der Waals surface area contributed by atoms with Crippen molar-refractivity contribution >= 4 is 28.2 Å². The lowest BCUT2D eigenvalue weighted by molar-refractivity contribution is 0.0691. The van der Waals surface area contributed by atoms with Gasteiger partial charge in [0.15, 0.2) is 0 Å². The van der Waals surface area contributed by atoms with Crippen molar-refractivity contribution < 1.29 is 19.4 Å². The Bertz CT molecular complexity index is 1290. The highest BCUT2D eigenvalue weighted by atomic mass is 32.1. The summed E-state index contributed by atoms with van der Waals surface area (Å²) in [5, 5.41) is 15.1. The van der Waals surface area contributed by atoms with Gasteiger partial charge in [-0.2, -0.15) is 11.3 Å². The van der Waals surface area contributed by atoms with Crippen LogP contribution in [-0.4, -0.2) is 58.9 Å². The van der Waals surface area contributed by atoms with Crippen LogP contribution in [0, 0.1) is 0 Å². The molecule has 0 unspecified atom stereocenters. The molecule has 182 valence electrons. The first-order valence-electron chi connectivity index (χ1n) is 11.8. The van der Waals surface area contributed by atoms with Gasteiger partial charge >= 0.3 is 5.97 Å². The summed E-state index contributed by atoms with van der Waals surface area (Å²) in [4.78, 5) is 18.3. The minimum atomic E-state index is -1.00. The van der Waals surface area contributed by atoms with Crippen molar-refractivity contribution in [3.8, 4) is 11.5 Å². The standard InChI is InChI=1S/C27H29N3O4S/c1-33-21-2-3-23(27(31)32)26(14-21)34-12-11-29-9-5-20(6-10-29)24-17-30(16-19-7-13-35-18-19)25-15-28-8-4-22(24)25/h2-4,7-8,13-15,17-18,20H,5-6,9-12,16H2,1H3,(H,31,32). The molecule has 0 saturated carbocycles. The van der Waals surface area contributed by atoms with Crippen molar-refractivity contribution in [2.45, 2.75) is 25.3 Å². The molecule has 4 heterocycles. The highest BCUT2D eigenvalue weighted by Crippen LogP contribution is 2.34. The minimum Gasteiger partial charge on any atom is -0.497 e. The van der Waals surface area contributed by atoms with Crippen molar-refractivity contribution in [2.24, 2.45) is 0 Å². The number of nitrogens with zero attached hydrogens (tertiary/aromatic N) is 3. The van der Waals surface area contributed by atoms with E-state index in [1.165, 1.54) is 28.1 Å². The van der Waals surface area contributed by atoms with Gasteiger partial charge in [-0.15, -0.1) is 0 Å². The van der Waals surface area contributed by atoms with E-state index in [-0.39, 0.29) is 5.56 Å². The fourth-order valence-electron chi connectivity index (χ4n) is 4.88. The second-order valence-corrected chi connectivity index (χ2v) is 9.65. The summed E-state index contributed by atoms with van der Waals surface area (Å²) in [7, 11) is 1.56. The lowest BCUT2D eigenvalue weighted by Gasteiger charge is -2.31. The first-order chi connectivity index (χ1) is 17.1. The summed E-state index contributed by atoms with van der Waals surface area (Å²) in [6, 6.07) is 9.11. The number of carboxylic acids is 1. The molecule has 3 aromatic heterocycles. The molecule has 1 fully saturated rings. The van der Waals surface area contributed by atoms with Crippen molar-refractivity contribution in [3.63, 3.8) is 0 Å². The third kappa shape index (κ3) is 5.18. The molecule has 0 bridgehead atoms. The molecule has 0 spiro atoms. The number of likely N-dealkylation sites (tertiary alicyclic amines) is 1. The van der Waals surface area contributed by atoms with Crippen LogP contribution in [0.1, 0.15) is 40.2 Å². The smallest absolute Gasteiger partial charge is 0.339 e. The highest BCUT2D eigenvalue weighted by molar-refractivity contribution is 7.07. The summed E-state index contributed by atoms with van der Waals surface area (Å²) < 4.78 is 13.4. The molecular formula is C27H29N3O4S. The van der Waals surface area contributed by atoms with Crippen LogP contribution in [0.3, 0.4) is 0 Å². The minimum absolute atomic E-state index is 0.151. The summed E-state index contributed by atoms with van der Waals surface area (Å²) in [6.45, 7) is 4.03. The first kappa shape index (κ1) is 23.4. The predicted octanol–water partition coefficient (Wildman–Crippen LogP) is 5.11. The van der Waals surface area contributed by atoms with E-state index in [4.69, 9.17) is 9.47 Å². The Hall–Kier alpha value is -3.36. The maximum Gasteiger partial charge on any atom is 0.339 e. The zero-order valence-electron chi connectivity index (χ0n) is 19.7. The van der Waals surface area contributed by atoms with Crippen molar-refractivity contribution in [3.05, 3.63) is 76.4 Å². The number of thiophene rings is 1. The number of rotatable bonds is 9. The maximum atomic E-state index is 11.5. The quantitative estimate of drug-likeness (QED) is 0.351. The van der Waals surface area contributed by atoms with Gasteiger partial charge < -0.3 is 19.1 Å². The summed E-state index contributed by atoms with van der Waals surface area (Å²) in [5.74, 6) is 0.438. The van der Waals surface area contributed by atoms with E-state index in [1.807, 2.05) is 12.4 Å². The molecule has 1 aromatic carbocycles. The molecule has 5 rings (SSSR count). The summed E-state index contributed by atoms with van der Waals surface area (Å²) in [5.41, 5.74) is 4.07. The Balaban J connectivity index is 1.20. The van der Waals surface area contributed by atoms with Gasteiger partial charge in [0.05, 0.1) is 18.8 Å². The van der Waals surface area contributed by atoms with Gasteiger partial charge in [0, 0.05) is 36.9 Å². The first-order valence-corrected chi connectivity index (χ1v) is 12.8. The van der Waals surface area contributed by atoms with Crippen molar-refractivity contribution in [1.82, 2.24) is 14.5 Å². The van der Waals surface area contributed by atoms with E-state index in [2.05, 4.69) is 43.5 Å². The maximum absolute atomic E-state index is 11.5. The molecule has 0 amide bonds. The number of pyridine rings is 1. The number of fused-ring (bicyclic) bond motifs is 1. The molecule has 1 aliphatic heterocycles. The largest absolute Gasteiger partial charge is 0.497 e. The van der Waals surface area contributed by atoms with Crippen LogP contribution in [0.25, 0.3) is 10.9 Å². The van der Waals surface area contributed by atoms with E-state index in [1.54, 1.807) is 30.6 Å². The zero-order chi connectivity index (χ0) is 24.2. The molecule has 7 nitrogen and oxygen atoms in total. The van der Waals surface area contributed by atoms with Crippen molar-refractivity contribution in [1.29, 1.82) is 0 Å². The van der Waals surface area contributed by atoms with Gasteiger partial charge in [0.2, 0.25) is 0 Å². The van der Waals surface area contributed by atoms with Crippen LogP contribution in [0.2, 0.25) is 0 Å². The van der Waals surface area contributed by atoms with E-state index >= 15 is 0 Å². The van der Waals surface area contributed by atoms with Gasteiger partial charge in [0.1, 0.15) is 23.7 Å². The summed E-state index contributed by atoms with van der Waals surface area (Å²) >= 11 is 1.73. The molecule has 1 saturated heterocycles. The Morgan fingerprint density at radius 1 is 1.23 bits per heavy atom. The molecule has 8 heteroatoms. The van der Waals surface area contributed by atoms with Crippen LogP contribution in [0.5, 0.6) is 11.5 Å². The lowest BCUT2D eigenvalue weighted by Crippen LogP contribution is -2.35. The fourth-order valence-corrected chi connectivity index (χ4v) is 5.54. The molecule has 35 heavy (non-hydrogen) atoms. The zero-order valence-corrected chi connectivity index (χ0v) is 20.5.